The monoisotopic (exact) mass is 572 g/mol. The number of piperazine rings is 1. The second-order valence-corrected chi connectivity index (χ2v) is 12.4. The van der Waals surface area contributed by atoms with E-state index in [2.05, 4.69) is 32.0 Å². The predicted molar refractivity (Wildman–Crippen MR) is 157 cm³/mol. The maximum atomic E-state index is 16.7. The van der Waals surface area contributed by atoms with Crippen molar-refractivity contribution >= 4 is 27.5 Å². The summed E-state index contributed by atoms with van der Waals surface area (Å²) in [6, 6.07) is 9.84. The first-order chi connectivity index (χ1) is 20.4. The molecule has 4 saturated heterocycles. The Bertz CT molecular complexity index is 1720. The van der Waals surface area contributed by atoms with Crippen molar-refractivity contribution in [3.05, 3.63) is 47.9 Å². The summed E-state index contributed by atoms with van der Waals surface area (Å²) in [5, 5.41) is 16.3. The molecule has 0 saturated carbocycles. The Labute approximate surface area is 242 Å². The molecule has 0 spiro atoms. The summed E-state index contributed by atoms with van der Waals surface area (Å²) >= 11 is 0. The molecule has 2 N–H and O–H groups in total. The van der Waals surface area contributed by atoms with E-state index in [-0.39, 0.29) is 41.2 Å². The summed E-state index contributed by atoms with van der Waals surface area (Å²) in [4.78, 5) is 18.5. The van der Waals surface area contributed by atoms with Gasteiger partial charge in [0.25, 0.3) is 0 Å². The molecule has 0 radical (unpaired) electrons. The third-order valence-corrected chi connectivity index (χ3v) is 9.89. The molecule has 4 aromatic rings. The molecule has 6 heterocycles. The predicted octanol–water partition coefficient (Wildman–Crippen LogP) is 4.76. The van der Waals surface area contributed by atoms with Crippen LogP contribution in [0, 0.1) is 5.82 Å². The molecule has 2 aromatic carbocycles. The third kappa shape index (κ3) is 4.02. The van der Waals surface area contributed by atoms with Crippen LogP contribution in [0.5, 0.6) is 11.8 Å². The van der Waals surface area contributed by atoms with Crippen molar-refractivity contribution in [2.45, 2.75) is 62.8 Å². The van der Waals surface area contributed by atoms with Gasteiger partial charge in [0.2, 0.25) is 0 Å². The van der Waals surface area contributed by atoms with Crippen LogP contribution in [-0.2, 0) is 6.42 Å². The number of aromatic hydroxyl groups is 1. The van der Waals surface area contributed by atoms with Gasteiger partial charge in [-0.2, -0.15) is 9.97 Å². The van der Waals surface area contributed by atoms with Crippen molar-refractivity contribution in [1.82, 2.24) is 25.2 Å². The Morgan fingerprint density at radius 2 is 2.12 bits per heavy atom. The number of benzene rings is 2. The SMILES string of the molecule is CCc1cccc2cc(O)cc(-c3ncc4c(N5C[C@H]6C[C@@H]5CN6)nc(OC[C@@]56CCCN5C[C@H](F)C6)nc4c3F)c12. The van der Waals surface area contributed by atoms with Crippen molar-refractivity contribution < 1.29 is 18.6 Å². The van der Waals surface area contributed by atoms with E-state index in [9.17, 15) is 9.50 Å². The molecule has 4 aliphatic rings. The van der Waals surface area contributed by atoms with Gasteiger partial charge in [-0.3, -0.25) is 9.88 Å². The van der Waals surface area contributed by atoms with Gasteiger partial charge in [-0.15, -0.1) is 0 Å². The first-order valence-electron chi connectivity index (χ1n) is 15.1. The minimum Gasteiger partial charge on any atom is -0.508 e. The number of nitrogens with zero attached hydrogens (tertiary/aromatic N) is 5. The van der Waals surface area contributed by atoms with Crippen molar-refractivity contribution in [2.75, 3.05) is 37.7 Å². The van der Waals surface area contributed by atoms with E-state index < -0.39 is 12.0 Å². The zero-order valence-electron chi connectivity index (χ0n) is 23.6. The minimum absolute atomic E-state index is 0.0446. The van der Waals surface area contributed by atoms with E-state index in [4.69, 9.17) is 9.72 Å². The Balaban J connectivity index is 1.27. The second-order valence-electron chi connectivity index (χ2n) is 12.4. The normalized spacial score (nSPS) is 27.0. The van der Waals surface area contributed by atoms with E-state index in [1.165, 1.54) is 0 Å². The number of rotatable bonds is 6. The molecule has 218 valence electrons. The second kappa shape index (κ2) is 9.70. The summed E-state index contributed by atoms with van der Waals surface area (Å²) in [6.07, 6.45) is 4.83. The van der Waals surface area contributed by atoms with E-state index >= 15 is 4.39 Å². The largest absolute Gasteiger partial charge is 0.508 e. The molecule has 8 nitrogen and oxygen atoms in total. The minimum atomic E-state index is -0.870. The molecule has 2 aromatic heterocycles. The maximum absolute atomic E-state index is 16.7. The lowest BCUT2D eigenvalue weighted by Crippen LogP contribution is -2.44. The number of hydrogen-bond acceptors (Lipinski definition) is 8. The Kier molecular flexibility index (Phi) is 6.01. The van der Waals surface area contributed by atoms with Gasteiger partial charge >= 0.3 is 6.01 Å². The fourth-order valence-electron chi connectivity index (χ4n) is 7.93. The van der Waals surface area contributed by atoms with Crippen LogP contribution in [-0.4, -0.2) is 81.5 Å². The number of pyridine rings is 1. The number of ether oxygens (including phenoxy) is 1. The van der Waals surface area contributed by atoms with Crippen LogP contribution in [0.4, 0.5) is 14.6 Å². The molecule has 0 amide bonds. The van der Waals surface area contributed by atoms with E-state index in [0.717, 1.165) is 61.7 Å². The third-order valence-electron chi connectivity index (χ3n) is 9.89. The highest BCUT2D eigenvalue weighted by molar-refractivity contribution is 6.01. The van der Waals surface area contributed by atoms with Crippen LogP contribution in [0.2, 0.25) is 0 Å². The standard InChI is InChI=1S/C32H34F2N6O2/c1-2-18-5-3-6-19-9-23(41)11-24(26(18)19)28-27(34)29-25(14-36-28)30(40-16-21-10-22(40)13-35-21)38-31(37-29)42-17-32-7-4-8-39(32)15-20(33)12-32/h3,5-6,9,11,14,20-22,35,41H,2,4,7-8,10,12-13,15-17H2,1H3/t20-,21-,22-,32+/m1/s1. The highest BCUT2D eigenvalue weighted by Gasteiger charge is 2.49. The number of aryl methyl sites for hydroxylation is 1. The Hall–Kier alpha value is -3.63. The van der Waals surface area contributed by atoms with Crippen molar-refractivity contribution in [3.63, 3.8) is 0 Å². The van der Waals surface area contributed by atoms with Crippen molar-refractivity contribution in [1.29, 1.82) is 0 Å². The first kappa shape index (κ1) is 26.0. The molecule has 8 rings (SSSR count). The van der Waals surface area contributed by atoms with E-state index in [1.807, 2.05) is 18.2 Å². The number of anilines is 1. The van der Waals surface area contributed by atoms with Crippen LogP contribution in [0.1, 0.15) is 38.2 Å². The van der Waals surface area contributed by atoms with Crippen LogP contribution >= 0.6 is 0 Å². The number of alkyl halides is 1. The topological polar surface area (TPSA) is 86.6 Å². The number of nitrogens with one attached hydrogen (secondary N) is 1. The molecular weight excluding hydrogens is 538 g/mol. The van der Waals surface area contributed by atoms with Gasteiger partial charge in [0, 0.05) is 49.9 Å². The van der Waals surface area contributed by atoms with Crippen LogP contribution < -0.4 is 15.0 Å². The highest BCUT2D eigenvalue weighted by Crippen LogP contribution is 2.42. The lowest BCUT2D eigenvalue weighted by Gasteiger charge is -2.32. The van der Waals surface area contributed by atoms with Crippen molar-refractivity contribution in [2.24, 2.45) is 0 Å². The molecule has 4 fully saturated rings. The summed E-state index contributed by atoms with van der Waals surface area (Å²) in [5.41, 5.74) is 1.46. The first-order valence-corrected chi connectivity index (χ1v) is 15.1. The van der Waals surface area contributed by atoms with E-state index in [0.29, 0.717) is 35.8 Å². The van der Waals surface area contributed by atoms with Crippen LogP contribution in [0.15, 0.2) is 36.5 Å². The lowest BCUT2D eigenvalue weighted by atomic mass is 9.95. The quantitative estimate of drug-likeness (QED) is 0.342. The summed E-state index contributed by atoms with van der Waals surface area (Å²) in [6.45, 7) is 5.21. The molecule has 0 unspecified atom stereocenters. The fourth-order valence-corrected chi connectivity index (χ4v) is 7.93. The van der Waals surface area contributed by atoms with Gasteiger partial charge in [-0.1, -0.05) is 25.1 Å². The van der Waals surface area contributed by atoms with Crippen LogP contribution in [0.3, 0.4) is 0 Å². The van der Waals surface area contributed by atoms with Gasteiger partial charge in [0.1, 0.15) is 35.6 Å². The molecule has 10 heteroatoms. The smallest absolute Gasteiger partial charge is 0.319 e. The molecule has 4 atom stereocenters. The number of phenolic OH excluding ortho intramolecular Hbond substituents is 1. The van der Waals surface area contributed by atoms with Gasteiger partial charge < -0.3 is 20.1 Å². The molecule has 42 heavy (non-hydrogen) atoms. The Morgan fingerprint density at radius 3 is 2.93 bits per heavy atom. The molecule has 4 aliphatic heterocycles. The van der Waals surface area contributed by atoms with Gasteiger partial charge in [0.15, 0.2) is 5.82 Å². The Morgan fingerprint density at radius 1 is 1.21 bits per heavy atom. The average molecular weight is 573 g/mol. The number of aromatic nitrogens is 3. The van der Waals surface area contributed by atoms with Gasteiger partial charge in [-0.25, -0.2) is 8.78 Å². The summed E-state index contributed by atoms with van der Waals surface area (Å²) < 4.78 is 37.4. The zero-order valence-corrected chi connectivity index (χ0v) is 23.6. The fraction of sp³-hybridized carbons (Fsp3) is 0.469. The van der Waals surface area contributed by atoms with Crippen molar-refractivity contribution in [3.8, 4) is 23.0 Å². The molecular formula is C32H34F2N6O2. The van der Waals surface area contributed by atoms with Gasteiger partial charge in [-0.05, 0) is 60.7 Å². The maximum Gasteiger partial charge on any atom is 0.319 e. The van der Waals surface area contributed by atoms with Gasteiger partial charge in [0.05, 0.1) is 10.9 Å². The lowest BCUT2D eigenvalue weighted by molar-refractivity contribution is 0.107. The number of phenols is 1. The highest BCUT2D eigenvalue weighted by atomic mass is 19.1. The molecule has 2 bridgehead atoms. The number of hydrogen-bond donors (Lipinski definition) is 2. The summed E-state index contributed by atoms with van der Waals surface area (Å²) in [5.74, 6) is 0.0855. The summed E-state index contributed by atoms with van der Waals surface area (Å²) in [7, 11) is 0. The number of halogens is 2. The van der Waals surface area contributed by atoms with E-state index in [1.54, 1.807) is 18.3 Å². The van der Waals surface area contributed by atoms with Crippen LogP contribution in [0.25, 0.3) is 32.9 Å². The molecule has 0 aliphatic carbocycles. The number of fused-ring (bicyclic) bond motifs is 5. The zero-order chi connectivity index (χ0) is 28.6. The average Bonchev–Trinajstić information content (AvgIpc) is 3.77.